The minimum Gasteiger partial charge on any atom is -0.350 e. The first-order chi connectivity index (χ1) is 12.4. The third-order valence-corrected chi connectivity index (χ3v) is 5.48. The molecule has 150 valence electrons. The van der Waals surface area contributed by atoms with Crippen molar-refractivity contribution in [2.75, 3.05) is 13.2 Å². The molecule has 0 bridgehead atoms. The van der Waals surface area contributed by atoms with E-state index in [0.717, 1.165) is 19.6 Å². The van der Waals surface area contributed by atoms with E-state index in [1.807, 2.05) is 0 Å². The molecule has 1 heterocycles. The van der Waals surface area contributed by atoms with E-state index in [1.54, 1.807) is 0 Å². The number of hydrogen-bond acceptors (Lipinski definition) is 2. The van der Waals surface area contributed by atoms with Crippen molar-refractivity contribution < 1.29 is 9.47 Å². The van der Waals surface area contributed by atoms with Gasteiger partial charge in [0.05, 0.1) is 13.2 Å². The van der Waals surface area contributed by atoms with Crippen molar-refractivity contribution in [2.24, 2.45) is 0 Å². The van der Waals surface area contributed by atoms with E-state index in [4.69, 9.17) is 9.47 Å². The fraction of sp³-hybridized carbons (Fsp3) is 1.00. The molecule has 0 aromatic carbocycles. The van der Waals surface area contributed by atoms with Gasteiger partial charge in [-0.25, -0.2) is 0 Å². The van der Waals surface area contributed by atoms with Crippen LogP contribution >= 0.6 is 0 Å². The number of ether oxygens (including phenoxy) is 2. The van der Waals surface area contributed by atoms with Gasteiger partial charge in [0, 0.05) is 0 Å². The molecule has 0 amide bonds. The predicted molar refractivity (Wildman–Crippen MR) is 109 cm³/mol. The van der Waals surface area contributed by atoms with E-state index in [9.17, 15) is 0 Å². The van der Waals surface area contributed by atoms with Gasteiger partial charge in [-0.3, -0.25) is 0 Å². The van der Waals surface area contributed by atoms with E-state index < -0.39 is 0 Å². The lowest BCUT2D eigenvalue weighted by Gasteiger charge is -2.08. The molecule has 25 heavy (non-hydrogen) atoms. The van der Waals surface area contributed by atoms with E-state index in [-0.39, 0.29) is 6.29 Å². The lowest BCUT2D eigenvalue weighted by Crippen LogP contribution is -2.06. The minimum atomic E-state index is 0.112. The van der Waals surface area contributed by atoms with E-state index in [0.29, 0.717) is 0 Å². The summed E-state index contributed by atoms with van der Waals surface area (Å²) in [5, 5.41) is 0. The monoisotopic (exact) mass is 354 g/mol. The maximum atomic E-state index is 5.46. The van der Waals surface area contributed by atoms with Gasteiger partial charge in [0.1, 0.15) is 0 Å². The molecule has 1 fully saturated rings. The Balaban J connectivity index is 1.63. The van der Waals surface area contributed by atoms with Crippen LogP contribution in [-0.4, -0.2) is 19.5 Å². The summed E-state index contributed by atoms with van der Waals surface area (Å²) >= 11 is 0. The fourth-order valence-corrected chi connectivity index (χ4v) is 3.79. The number of rotatable bonds is 19. The van der Waals surface area contributed by atoms with Crippen molar-refractivity contribution in [3.05, 3.63) is 0 Å². The smallest absolute Gasteiger partial charge is 0.157 e. The molecule has 0 spiro atoms. The molecule has 0 saturated carbocycles. The second-order valence-corrected chi connectivity index (χ2v) is 7.97. The molecular formula is C23H46O2. The molecule has 0 N–H and O–H groups in total. The summed E-state index contributed by atoms with van der Waals surface area (Å²) in [6.45, 7) is 3.89. The van der Waals surface area contributed by atoms with Crippen molar-refractivity contribution in [3.8, 4) is 0 Å². The first-order valence-electron chi connectivity index (χ1n) is 11.7. The molecular weight excluding hydrogens is 308 g/mol. The molecule has 0 aliphatic carbocycles. The van der Waals surface area contributed by atoms with E-state index in [2.05, 4.69) is 6.92 Å². The SMILES string of the molecule is CCCCCCCCCCCCCCCCCCCCC1OCCO1. The van der Waals surface area contributed by atoms with Crippen LogP contribution in [0.4, 0.5) is 0 Å². The Hall–Kier alpha value is -0.0800. The molecule has 0 aromatic heterocycles. The van der Waals surface area contributed by atoms with Gasteiger partial charge in [0.2, 0.25) is 0 Å². The van der Waals surface area contributed by atoms with Crippen LogP contribution in [0.2, 0.25) is 0 Å². The zero-order chi connectivity index (χ0) is 17.8. The maximum Gasteiger partial charge on any atom is 0.157 e. The lowest BCUT2D eigenvalue weighted by atomic mass is 10.0. The van der Waals surface area contributed by atoms with E-state index in [1.165, 1.54) is 116 Å². The average molecular weight is 355 g/mol. The standard InChI is InChI=1S/C23H46O2/c1-2-3-4-5-6-7-8-9-10-11-12-13-14-15-16-17-18-19-20-23-24-21-22-25-23/h23H,2-22H2,1H3. The highest BCUT2D eigenvalue weighted by Crippen LogP contribution is 2.16. The van der Waals surface area contributed by atoms with Crippen LogP contribution in [0.15, 0.2) is 0 Å². The second-order valence-electron chi connectivity index (χ2n) is 7.97. The zero-order valence-electron chi connectivity index (χ0n) is 17.2. The zero-order valence-corrected chi connectivity index (χ0v) is 17.2. The van der Waals surface area contributed by atoms with Gasteiger partial charge in [-0.2, -0.15) is 0 Å². The van der Waals surface area contributed by atoms with Crippen LogP contribution in [0.1, 0.15) is 129 Å². The molecule has 0 atom stereocenters. The fourth-order valence-electron chi connectivity index (χ4n) is 3.79. The minimum absolute atomic E-state index is 0.112. The number of hydrogen-bond donors (Lipinski definition) is 0. The van der Waals surface area contributed by atoms with Gasteiger partial charge in [-0.05, 0) is 12.8 Å². The van der Waals surface area contributed by atoms with Crippen molar-refractivity contribution in [3.63, 3.8) is 0 Å². The van der Waals surface area contributed by atoms with Gasteiger partial charge in [0.15, 0.2) is 6.29 Å². The quantitative estimate of drug-likeness (QED) is 0.220. The van der Waals surface area contributed by atoms with Crippen LogP contribution in [0.3, 0.4) is 0 Å². The number of unbranched alkanes of at least 4 members (excludes halogenated alkanes) is 17. The molecule has 0 radical (unpaired) electrons. The largest absolute Gasteiger partial charge is 0.350 e. The Kier molecular flexibility index (Phi) is 17.2. The Labute approximate surface area is 158 Å². The Morgan fingerprint density at radius 1 is 0.480 bits per heavy atom. The van der Waals surface area contributed by atoms with Gasteiger partial charge >= 0.3 is 0 Å². The second kappa shape index (κ2) is 18.7. The molecule has 0 aromatic rings. The van der Waals surface area contributed by atoms with Gasteiger partial charge in [0.25, 0.3) is 0 Å². The van der Waals surface area contributed by atoms with Crippen LogP contribution in [0, 0.1) is 0 Å². The molecule has 0 unspecified atom stereocenters. The highest BCUT2D eigenvalue weighted by Gasteiger charge is 2.14. The van der Waals surface area contributed by atoms with Crippen LogP contribution in [0.5, 0.6) is 0 Å². The van der Waals surface area contributed by atoms with Crippen LogP contribution in [-0.2, 0) is 9.47 Å². The summed E-state index contributed by atoms with van der Waals surface area (Å²) < 4.78 is 10.9. The third kappa shape index (κ3) is 15.9. The maximum absolute atomic E-state index is 5.46. The van der Waals surface area contributed by atoms with Crippen molar-refractivity contribution in [2.45, 2.75) is 135 Å². The molecule has 2 heteroatoms. The molecule has 1 aliphatic heterocycles. The lowest BCUT2D eigenvalue weighted by molar-refractivity contribution is -0.0480. The summed E-state index contributed by atoms with van der Waals surface area (Å²) in [5.74, 6) is 0. The highest BCUT2D eigenvalue weighted by molar-refractivity contribution is 4.54. The first kappa shape index (κ1) is 23.0. The summed E-state index contributed by atoms with van der Waals surface area (Å²) in [4.78, 5) is 0. The topological polar surface area (TPSA) is 18.5 Å². The molecule has 2 nitrogen and oxygen atoms in total. The van der Waals surface area contributed by atoms with Crippen molar-refractivity contribution in [1.82, 2.24) is 0 Å². The summed E-state index contributed by atoms with van der Waals surface area (Å²) in [6, 6.07) is 0. The summed E-state index contributed by atoms with van der Waals surface area (Å²) in [7, 11) is 0. The third-order valence-electron chi connectivity index (χ3n) is 5.48. The van der Waals surface area contributed by atoms with Crippen LogP contribution in [0.25, 0.3) is 0 Å². The first-order valence-corrected chi connectivity index (χ1v) is 11.7. The van der Waals surface area contributed by atoms with Crippen LogP contribution < -0.4 is 0 Å². The Morgan fingerprint density at radius 2 is 0.800 bits per heavy atom. The Morgan fingerprint density at radius 3 is 1.16 bits per heavy atom. The van der Waals surface area contributed by atoms with Gasteiger partial charge in [-0.1, -0.05) is 116 Å². The molecule has 1 aliphatic rings. The van der Waals surface area contributed by atoms with Crippen molar-refractivity contribution in [1.29, 1.82) is 0 Å². The molecule has 1 rings (SSSR count). The summed E-state index contributed by atoms with van der Waals surface area (Å²) in [5.41, 5.74) is 0. The molecule has 1 saturated heterocycles. The van der Waals surface area contributed by atoms with Gasteiger partial charge in [-0.15, -0.1) is 0 Å². The predicted octanol–water partition coefficient (Wildman–Crippen LogP) is 7.79. The Bertz CT molecular complexity index is 248. The van der Waals surface area contributed by atoms with Crippen molar-refractivity contribution >= 4 is 0 Å². The summed E-state index contributed by atoms with van der Waals surface area (Å²) in [6.07, 6.45) is 27.0. The average Bonchev–Trinajstić information content (AvgIpc) is 3.14. The van der Waals surface area contributed by atoms with E-state index >= 15 is 0 Å². The highest BCUT2D eigenvalue weighted by atomic mass is 16.7. The normalized spacial score (nSPS) is 15.2. The van der Waals surface area contributed by atoms with Gasteiger partial charge < -0.3 is 9.47 Å².